The second kappa shape index (κ2) is 7.88. The molecule has 1 aliphatic rings. The summed E-state index contributed by atoms with van der Waals surface area (Å²) in [4.78, 5) is 4.32. The van der Waals surface area contributed by atoms with E-state index in [2.05, 4.69) is 48.5 Å². The molecular formula is C19H31N3O2. The summed E-state index contributed by atoms with van der Waals surface area (Å²) in [5.41, 5.74) is 1.16. The lowest BCUT2D eigenvalue weighted by molar-refractivity contribution is 0.0242. The molecule has 1 heterocycles. The molecule has 24 heavy (non-hydrogen) atoms. The van der Waals surface area contributed by atoms with E-state index in [4.69, 9.17) is 9.47 Å². The van der Waals surface area contributed by atoms with Gasteiger partial charge in [0, 0.05) is 32.2 Å². The molecule has 0 aromatic heterocycles. The fourth-order valence-corrected chi connectivity index (χ4v) is 2.92. The summed E-state index contributed by atoms with van der Waals surface area (Å²) in [6.45, 7) is 9.01. The van der Waals surface area contributed by atoms with Crippen LogP contribution < -0.4 is 15.4 Å². The molecule has 5 heteroatoms. The number of nitrogens with zero attached hydrogens (tertiary/aromatic N) is 1. The van der Waals surface area contributed by atoms with E-state index in [9.17, 15) is 0 Å². The van der Waals surface area contributed by atoms with Crippen LogP contribution in [0.2, 0.25) is 0 Å². The van der Waals surface area contributed by atoms with Crippen molar-refractivity contribution in [3.63, 3.8) is 0 Å². The van der Waals surface area contributed by atoms with Gasteiger partial charge in [0.15, 0.2) is 5.96 Å². The van der Waals surface area contributed by atoms with E-state index in [1.165, 1.54) is 5.56 Å². The number of benzene rings is 1. The van der Waals surface area contributed by atoms with Crippen LogP contribution in [0.4, 0.5) is 0 Å². The molecule has 1 aromatic rings. The number of guanidine groups is 1. The van der Waals surface area contributed by atoms with Crippen LogP contribution in [-0.4, -0.2) is 45.4 Å². The van der Waals surface area contributed by atoms with Gasteiger partial charge in [0.25, 0.3) is 0 Å². The minimum Gasteiger partial charge on any atom is -0.497 e. The molecule has 1 fully saturated rings. The van der Waals surface area contributed by atoms with Crippen LogP contribution in [0.5, 0.6) is 5.75 Å². The summed E-state index contributed by atoms with van der Waals surface area (Å²) < 4.78 is 11.0. The Labute approximate surface area is 145 Å². The number of rotatable bonds is 6. The van der Waals surface area contributed by atoms with E-state index in [0.29, 0.717) is 0 Å². The lowest BCUT2D eigenvalue weighted by Crippen LogP contribution is -2.48. The molecule has 0 amide bonds. The normalized spacial score (nSPS) is 21.6. The molecule has 1 aromatic carbocycles. The SMILES string of the molecule is CN=C(NCC1(C)CCCO1)NCC(C)(C)c1ccc(OC)cc1. The van der Waals surface area contributed by atoms with Gasteiger partial charge in [-0.3, -0.25) is 4.99 Å². The number of nitrogens with one attached hydrogen (secondary N) is 2. The maximum absolute atomic E-state index is 5.81. The van der Waals surface area contributed by atoms with Gasteiger partial charge in [-0.05, 0) is 37.5 Å². The fourth-order valence-electron chi connectivity index (χ4n) is 2.92. The average Bonchev–Trinajstić information content (AvgIpc) is 3.02. The van der Waals surface area contributed by atoms with Crippen molar-refractivity contribution in [3.8, 4) is 5.75 Å². The van der Waals surface area contributed by atoms with Crippen molar-refractivity contribution < 1.29 is 9.47 Å². The van der Waals surface area contributed by atoms with Crippen molar-refractivity contribution in [2.24, 2.45) is 4.99 Å². The van der Waals surface area contributed by atoms with Gasteiger partial charge in [-0.25, -0.2) is 0 Å². The molecule has 5 nitrogen and oxygen atoms in total. The van der Waals surface area contributed by atoms with Crippen molar-refractivity contribution in [2.75, 3.05) is 33.9 Å². The zero-order valence-electron chi connectivity index (χ0n) is 15.6. The second-order valence-electron chi connectivity index (χ2n) is 7.29. The maximum Gasteiger partial charge on any atom is 0.191 e. The van der Waals surface area contributed by atoms with Gasteiger partial charge < -0.3 is 20.1 Å². The molecular weight excluding hydrogens is 302 g/mol. The number of ether oxygens (including phenoxy) is 2. The first kappa shape index (κ1) is 18.6. The molecule has 2 rings (SSSR count). The lowest BCUT2D eigenvalue weighted by atomic mass is 9.84. The van der Waals surface area contributed by atoms with E-state index in [-0.39, 0.29) is 11.0 Å². The average molecular weight is 333 g/mol. The number of hydrogen-bond donors (Lipinski definition) is 2. The molecule has 1 unspecified atom stereocenters. The zero-order chi connectivity index (χ0) is 17.6. The minimum absolute atomic E-state index is 0.0162. The Hall–Kier alpha value is -1.75. The quantitative estimate of drug-likeness (QED) is 0.621. The summed E-state index contributed by atoms with van der Waals surface area (Å²) >= 11 is 0. The third kappa shape index (κ3) is 4.87. The number of methoxy groups -OCH3 is 1. The van der Waals surface area contributed by atoms with Crippen molar-refractivity contribution in [1.82, 2.24) is 10.6 Å². The third-order valence-electron chi connectivity index (χ3n) is 4.72. The summed E-state index contributed by atoms with van der Waals surface area (Å²) in [5, 5.41) is 6.82. The standard InChI is InChI=1S/C19H31N3O2/c1-18(2,15-7-9-16(23-5)10-8-15)13-21-17(20-4)22-14-19(3)11-6-12-24-19/h7-10H,6,11-14H2,1-5H3,(H2,20,21,22). The molecule has 0 spiro atoms. The van der Waals surface area contributed by atoms with E-state index in [1.54, 1.807) is 14.2 Å². The Morgan fingerprint density at radius 1 is 1.29 bits per heavy atom. The number of aliphatic imine (C=N–C) groups is 1. The summed E-state index contributed by atoms with van der Waals surface area (Å²) in [5.74, 6) is 1.69. The monoisotopic (exact) mass is 333 g/mol. The van der Waals surface area contributed by atoms with Gasteiger partial charge in [-0.15, -0.1) is 0 Å². The molecule has 0 bridgehead atoms. The van der Waals surface area contributed by atoms with E-state index in [0.717, 1.165) is 44.2 Å². The van der Waals surface area contributed by atoms with Gasteiger partial charge >= 0.3 is 0 Å². The first-order chi connectivity index (χ1) is 11.4. The molecule has 0 radical (unpaired) electrons. The van der Waals surface area contributed by atoms with Crippen LogP contribution in [0.3, 0.4) is 0 Å². The van der Waals surface area contributed by atoms with Crippen LogP contribution in [0, 0.1) is 0 Å². The second-order valence-corrected chi connectivity index (χ2v) is 7.29. The largest absolute Gasteiger partial charge is 0.497 e. The molecule has 134 valence electrons. The van der Waals surface area contributed by atoms with Crippen molar-refractivity contribution in [2.45, 2.75) is 44.6 Å². The highest BCUT2D eigenvalue weighted by molar-refractivity contribution is 5.79. The van der Waals surface area contributed by atoms with Crippen LogP contribution >= 0.6 is 0 Å². The predicted octanol–water partition coefficient (Wildman–Crippen LogP) is 2.71. The van der Waals surface area contributed by atoms with Gasteiger partial charge in [0.05, 0.1) is 12.7 Å². The molecule has 2 N–H and O–H groups in total. The fraction of sp³-hybridized carbons (Fsp3) is 0.632. The Bertz CT molecular complexity index is 546. The van der Waals surface area contributed by atoms with Crippen molar-refractivity contribution in [3.05, 3.63) is 29.8 Å². The Morgan fingerprint density at radius 2 is 2.00 bits per heavy atom. The highest BCUT2D eigenvalue weighted by atomic mass is 16.5. The molecule has 0 aliphatic carbocycles. The zero-order valence-corrected chi connectivity index (χ0v) is 15.6. The van der Waals surface area contributed by atoms with Crippen LogP contribution in [0.15, 0.2) is 29.3 Å². The number of hydrogen-bond acceptors (Lipinski definition) is 3. The van der Waals surface area contributed by atoms with E-state index >= 15 is 0 Å². The topological polar surface area (TPSA) is 54.9 Å². The van der Waals surface area contributed by atoms with E-state index in [1.807, 2.05) is 12.1 Å². The minimum atomic E-state index is -0.0802. The van der Waals surface area contributed by atoms with E-state index < -0.39 is 0 Å². The molecule has 1 atom stereocenters. The third-order valence-corrected chi connectivity index (χ3v) is 4.72. The van der Waals surface area contributed by atoms with Gasteiger partial charge in [-0.2, -0.15) is 0 Å². The summed E-state index contributed by atoms with van der Waals surface area (Å²) in [6.07, 6.45) is 2.23. The van der Waals surface area contributed by atoms with Gasteiger partial charge in [0.2, 0.25) is 0 Å². The highest BCUT2D eigenvalue weighted by Crippen LogP contribution is 2.25. The summed E-state index contributed by atoms with van der Waals surface area (Å²) in [6, 6.07) is 8.24. The van der Waals surface area contributed by atoms with Gasteiger partial charge in [0.1, 0.15) is 5.75 Å². The highest BCUT2D eigenvalue weighted by Gasteiger charge is 2.30. The molecule has 1 saturated heterocycles. The summed E-state index contributed by atoms with van der Waals surface area (Å²) in [7, 11) is 3.49. The Morgan fingerprint density at radius 3 is 2.54 bits per heavy atom. The van der Waals surface area contributed by atoms with Crippen molar-refractivity contribution in [1.29, 1.82) is 0 Å². The first-order valence-electron chi connectivity index (χ1n) is 8.62. The maximum atomic E-state index is 5.81. The predicted molar refractivity (Wildman–Crippen MR) is 99.0 cm³/mol. The van der Waals surface area contributed by atoms with Gasteiger partial charge in [-0.1, -0.05) is 26.0 Å². The molecule has 0 saturated carbocycles. The van der Waals surface area contributed by atoms with Crippen LogP contribution in [0.25, 0.3) is 0 Å². The van der Waals surface area contributed by atoms with Crippen molar-refractivity contribution >= 4 is 5.96 Å². The first-order valence-corrected chi connectivity index (χ1v) is 8.62. The smallest absolute Gasteiger partial charge is 0.191 e. The Kier molecular flexibility index (Phi) is 6.10. The Balaban J connectivity index is 1.88. The van der Waals surface area contributed by atoms with Crippen LogP contribution in [0.1, 0.15) is 39.2 Å². The molecule has 1 aliphatic heterocycles. The lowest BCUT2D eigenvalue weighted by Gasteiger charge is -2.28. The van der Waals surface area contributed by atoms with Crippen LogP contribution in [-0.2, 0) is 10.2 Å².